The Labute approximate surface area is 190 Å². The maximum absolute atomic E-state index is 13.4. The van der Waals surface area contributed by atoms with Crippen LogP contribution in [0, 0.1) is 0 Å². The first-order valence-corrected chi connectivity index (χ1v) is 10.7. The van der Waals surface area contributed by atoms with Gasteiger partial charge >= 0.3 is 6.18 Å². The van der Waals surface area contributed by atoms with Crippen LogP contribution < -0.4 is 5.32 Å². The molecule has 1 N–H and O–H groups in total. The summed E-state index contributed by atoms with van der Waals surface area (Å²) in [7, 11) is 1.89. The number of fused-ring (bicyclic) bond motifs is 1. The molecule has 0 aliphatic heterocycles. The molecule has 0 spiro atoms. The second-order valence-electron chi connectivity index (χ2n) is 8.01. The quantitative estimate of drug-likeness (QED) is 0.405. The van der Waals surface area contributed by atoms with Gasteiger partial charge in [-0.05, 0) is 35.4 Å². The summed E-state index contributed by atoms with van der Waals surface area (Å²) in [6, 6.07) is 18.5. The molecule has 0 aliphatic carbocycles. The van der Waals surface area contributed by atoms with Gasteiger partial charge in [0, 0.05) is 61.3 Å². The first kappa shape index (κ1) is 22.6. The fourth-order valence-electron chi connectivity index (χ4n) is 4.12. The number of aromatic nitrogens is 2. The summed E-state index contributed by atoms with van der Waals surface area (Å²) < 4.78 is 42.1. The van der Waals surface area contributed by atoms with Crippen molar-refractivity contribution >= 4 is 16.8 Å². The molecule has 0 saturated heterocycles. The predicted molar refractivity (Wildman–Crippen MR) is 122 cm³/mol. The minimum Gasteiger partial charge on any atom is -0.356 e. The molecule has 0 saturated carbocycles. The molecule has 4 nitrogen and oxygen atoms in total. The summed E-state index contributed by atoms with van der Waals surface area (Å²) in [5.74, 6) is -0.741. The van der Waals surface area contributed by atoms with Gasteiger partial charge in [0.25, 0.3) is 0 Å². The number of rotatable bonds is 7. The number of benzene rings is 2. The Morgan fingerprint density at radius 3 is 2.61 bits per heavy atom. The van der Waals surface area contributed by atoms with Crippen molar-refractivity contribution in [3.05, 3.63) is 102 Å². The SMILES string of the molecule is Cn1cc(C(CC(=O)NCCc2ccccn2)c2cccc(C(F)(F)F)c2)c2ccccc21. The van der Waals surface area contributed by atoms with Gasteiger partial charge in [0.15, 0.2) is 0 Å². The highest BCUT2D eigenvalue weighted by Gasteiger charge is 2.32. The van der Waals surface area contributed by atoms with Crippen LogP contribution in [0.15, 0.2) is 79.1 Å². The Morgan fingerprint density at radius 1 is 1.06 bits per heavy atom. The van der Waals surface area contributed by atoms with Gasteiger partial charge in [0.2, 0.25) is 5.91 Å². The Bertz CT molecular complexity index is 1250. The zero-order valence-corrected chi connectivity index (χ0v) is 18.1. The third kappa shape index (κ3) is 5.25. The molecule has 170 valence electrons. The number of hydrogen-bond donors (Lipinski definition) is 1. The lowest BCUT2D eigenvalue weighted by atomic mass is 9.87. The molecule has 1 unspecified atom stereocenters. The van der Waals surface area contributed by atoms with Crippen molar-refractivity contribution in [2.75, 3.05) is 6.54 Å². The van der Waals surface area contributed by atoms with Crippen molar-refractivity contribution in [2.45, 2.75) is 24.9 Å². The lowest BCUT2D eigenvalue weighted by Crippen LogP contribution is -2.27. The van der Waals surface area contributed by atoms with E-state index in [-0.39, 0.29) is 12.3 Å². The number of hydrogen-bond acceptors (Lipinski definition) is 2. The molecule has 1 atom stereocenters. The molecule has 4 aromatic rings. The number of carbonyl (C=O) groups is 1. The van der Waals surface area contributed by atoms with Crippen LogP contribution in [0.2, 0.25) is 0 Å². The van der Waals surface area contributed by atoms with Crippen molar-refractivity contribution in [1.29, 1.82) is 0 Å². The first-order chi connectivity index (χ1) is 15.8. The van der Waals surface area contributed by atoms with Crippen LogP contribution in [0.5, 0.6) is 0 Å². The van der Waals surface area contributed by atoms with Crippen LogP contribution in [-0.2, 0) is 24.4 Å². The number of alkyl halides is 3. The van der Waals surface area contributed by atoms with Crippen LogP contribution >= 0.6 is 0 Å². The highest BCUT2D eigenvalue weighted by molar-refractivity contribution is 5.86. The number of para-hydroxylation sites is 1. The number of nitrogens with zero attached hydrogens (tertiary/aromatic N) is 2. The lowest BCUT2D eigenvalue weighted by molar-refractivity contribution is -0.137. The van der Waals surface area contributed by atoms with E-state index in [1.807, 2.05) is 60.3 Å². The summed E-state index contributed by atoms with van der Waals surface area (Å²) in [5.41, 5.74) is 2.38. The first-order valence-electron chi connectivity index (χ1n) is 10.7. The number of pyridine rings is 1. The van der Waals surface area contributed by atoms with E-state index in [9.17, 15) is 18.0 Å². The summed E-state index contributed by atoms with van der Waals surface area (Å²) in [4.78, 5) is 17.1. The van der Waals surface area contributed by atoms with E-state index in [4.69, 9.17) is 0 Å². The minimum absolute atomic E-state index is 0.0392. The van der Waals surface area contributed by atoms with Crippen LogP contribution in [0.1, 0.15) is 34.7 Å². The van der Waals surface area contributed by atoms with E-state index in [2.05, 4.69) is 10.3 Å². The molecule has 1 amide bonds. The van der Waals surface area contributed by atoms with E-state index in [1.165, 1.54) is 6.07 Å². The zero-order valence-electron chi connectivity index (χ0n) is 18.1. The van der Waals surface area contributed by atoms with E-state index in [1.54, 1.807) is 12.3 Å². The van der Waals surface area contributed by atoms with Gasteiger partial charge < -0.3 is 9.88 Å². The number of amides is 1. The summed E-state index contributed by atoms with van der Waals surface area (Å²) in [6.45, 7) is 0.403. The summed E-state index contributed by atoms with van der Waals surface area (Å²) in [5, 5.41) is 3.81. The lowest BCUT2D eigenvalue weighted by Gasteiger charge is -2.19. The van der Waals surface area contributed by atoms with Crippen LogP contribution in [-0.4, -0.2) is 22.0 Å². The molecule has 0 radical (unpaired) electrons. The molecule has 0 fully saturated rings. The maximum atomic E-state index is 13.4. The van der Waals surface area contributed by atoms with Gasteiger partial charge in [-0.1, -0.05) is 42.5 Å². The molecule has 33 heavy (non-hydrogen) atoms. The molecule has 2 aromatic carbocycles. The Morgan fingerprint density at radius 2 is 1.85 bits per heavy atom. The molecule has 0 aliphatic rings. The zero-order chi connectivity index (χ0) is 23.4. The van der Waals surface area contributed by atoms with Gasteiger partial charge in [0.1, 0.15) is 0 Å². The summed E-state index contributed by atoms with van der Waals surface area (Å²) in [6.07, 6.45) is -0.241. The fourth-order valence-corrected chi connectivity index (χ4v) is 4.12. The third-order valence-electron chi connectivity index (χ3n) is 5.74. The fraction of sp³-hybridized carbons (Fsp3) is 0.231. The van der Waals surface area contributed by atoms with Crippen molar-refractivity contribution < 1.29 is 18.0 Å². The topological polar surface area (TPSA) is 46.9 Å². The highest BCUT2D eigenvalue weighted by atomic mass is 19.4. The number of carbonyl (C=O) groups excluding carboxylic acids is 1. The standard InChI is InChI=1S/C26H24F3N3O/c1-32-17-23(21-10-2-3-11-24(21)32)22(18-7-6-8-19(15-18)26(27,28)29)16-25(33)31-14-12-20-9-4-5-13-30-20/h2-11,13,15,17,22H,12,14,16H2,1H3,(H,31,33). The molecule has 2 aromatic heterocycles. The van der Waals surface area contributed by atoms with Gasteiger partial charge in [0.05, 0.1) is 5.56 Å². The van der Waals surface area contributed by atoms with Crippen LogP contribution in [0.25, 0.3) is 10.9 Å². The van der Waals surface area contributed by atoms with Crippen LogP contribution in [0.3, 0.4) is 0 Å². The van der Waals surface area contributed by atoms with Gasteiger partial charge in [-0.2, -0.15) is 13.2 Å². The molecule has 4 rings (SSSR count). The molecule has 2 heterocycles. The second kappa shape index (κ2) is 9.48. The number of aryl methyl sites for hydroxylation is 1. The van der Waals surface area contributed by atoms with Crippen LogP contribution in [0.4, 0.5) is 13.2 Å². The van der Waals surface area contributed by atoms with Gasteiger partial charge in [-0.15, -0.1) is 0 Å². The van der Waals surface area contributed by atoms with Crippen molar-refractivity contribution in [3.63, 3.8) is 0 Å². The van der Waals surface area contributed by atoms with Gasteiger partial charge in [-0.3, -0.25) is 9.78 Å². The predicted octanol–water partition coefficient (Wildman–Crippen LogP) is 5.47. The maximum Gasteiger partial charge on any atom is 0.416 e. The Kier molecular flexibility index (Phi) is 6.49. The number of halogens is 3. The molecular formula is C26H24F3N3O. The van der Waals surface area contributed by atoms with E-state index < -0.39 is 17.7 Å². The third-order valence-corrected chi connectivity index (χ3v) is 5.74. The average molecular weight is 451 g/mol. The highest BCUT2D eigenvalue weighted by Crippen LogP contribution is 2.37. The Hall–Kier alpha value is -3.61. The smallest absolute Gasteiger partial charge is 0.356 e. The molecular weight excluding hydrogens is 427 g/mol. The largest absolute Gasteiger partial charge is 0.416 e. The normalized spacial score (nSPS) is 12.6. The van der Waals surface area contributed by atoms with Crippen molar-refractivity contribution in [3.8, 4) is 0 Å². The molecule has 0 bridgehead atoms. The summed E-state index contributed by atoms with van der Waals surface area (Å²) >= 11 is 0. The second-order valence-corrected chi connectivity index (χ2v) is 8.01. The minimum atomic E-state index is -4.45. The van der Waals surface area contributed by atoms with Gasteiger partial charge in [-0.25, -0.2) is 0 Å². The monoisotopic (exact) mass is 451 g/mol. The van der Waals surface area contributed by atoms with Crippen molar-refractivity contribution in [2.24, 2.45) is 7.05 Å². The average Bonchev–Trinajstić information content (AvgIpc) is 3.14. The van der Waals surface area contributed by atoms with Crippen molar-refractivity contribution in [1.82, 2.24) is 14.9 Å². The van der Waals surface area contributed by atoms with E-state index >= 15 is 0 Å². The van der Waals surface area contributed by atoms with E-state index in [0.717, 1.165) is 34.3 Å². The van der Waals surface area contributed by atoms with E-state index in [0.29, 0.717) is 18.5 Å². The number of nitrogens with one attached hydrogen (secondary N) is 1. The Balaban J connectivity index is 1.62. The molecule has 7 heteroatoms.